The van der Waals surface area contributed by atoms with E-state index in [1.54, 1.807) is 45.8 Å². The Kier molecular flexibility index (Phi) is 20.1. The Morgan fingerprint density at radius 2 is 1.46 bits per heavy atom. The average molecular weight is 818 g/mol. The van der Waals surface area contributed by atoms with Gasteiger partial charge in [-0.3, -0.25) is 9.59 Å². The molecular formula is C41H71NO15. The fourth-order valence-corrected chi connectivity index (χ4v) is 8.17. The Balaban J connectivity index is 2.02. The van der Waals surface area contributed by atoms with Crippen LogP contribution in [0.25, 0.3) is 0 Å². The SMILES string of the molecule is CC[C@H]1OC(=O)C[C@@H](O)[C@H](C)[C@@H](O[C@@H]2O[C@H](C)[C@@H](O)[C@H](N(C)C)[C@H]2O)[C@@H](CC(OC)OC)C[C@@H](C)C(=O)/C=C/C(C)=C/[C@@H]1CO[C@@H]1O[C@H](C)[C@@H](O)[C@H](OC)[C@H]1OC. The van der Waals surface area contributed by atoms with Crippen LogP contribution in [-0.2, 0) is 52.2 Å². The molecule has 16 heteroatoms. The number of methoxy groups -OCH3 is 4. The topological polar surface area (TPSA) is 201 Å². The summed E-state index contributed by atoms with van der Waals surface area (Å²) in [5.74, 6) is -3.12. The molecular weight excluding hydrogens is 746 g/mol. The average Bonchev–Trinajstić information content (AvgIpc) is 3.17. The summed E-state index contributed by atoms with van der Waals surface area (Å²) in [6.45, 7) is 10.7. The van der Waals surface area contributed by atoms with Gasteiger partial charge >= 0.3 is 5.97 Å². The van der Waals surface area contributed by atoms with E-state index in [0.29, 0.717) is 6.42 Å². The number of aliphatic hydroxyl groups is 4. The van der Waals surface area contributed by atoms with Gasteiger partial charge in [0, 0.05) is 52.6 Å². The fraction of sp³-hybridized carbons (Fsp3) is 0.854. The molecule has 4 N–H and O–H groups in total. The smallest absolute Gasteiger partial charge is 0.308 e. The normalized spacial score (nSPS) is 42.1. The number of hydrogen-bond acceptors (Lipinski definition) is 16. The second kappa shape index (κ2) is 23.2. The molecule has 3 rings (SSSR count). The summed E-state index contributed by atoms with van der Waals surface area (Å²) in [7, 11) is 9.43. The summed E-state index contributed by atoms with van der Waals surface area (Å²) in [6.07, 6.45) is -6.13. The van der Waals surface area contributed by atoms with Crippen molar-refractivity contribution in [3.05, 3.63) is 23.8 Å². The Labute approximate surface area is 338 Å². The molecule has 2 saturated heterocycles. The van der Waals surface area contributed by atoms with Crippen LogP contribution in [0.15, 0.2) is 23.8 Å². The Hall–Kier alpha value is -1.90. The van der Waals surface area contributed by atoms with Crippen molar-refractivity contribution >= 4 is 11.8 Å². The molecule has 0 amide bonds. The monoisotopic (exact) mass is 817 g/mol. The molecule has 0 aliphatic carbocycles. The van der Waals surface area contributed by atoms with Gasteiger partial charge in [-0.05, 0) is 59.7 Å². The summed E-state index contributed by atoms with van der Waals surface area (Å²) in [5.41, 5.74) is 0.720. The van der Waals surface area contributed by atoms with Crippen LogP contribution in [-0.4, -0.2) is 172 Å². The van der Waals surface area contributed by atoms with Crippen molar-refractivity contribution in [2.75, 3.05) is 49.1 Å². The van der Waals surface area contributed by atoms with Crippen molar-refractivity contribution in [2.24, 2.45) is 23.7 Å². The zero-order valence-electron chi connectivity index (χ0n) is 35.9. The lowest BCUT2D eigenvalue weighted by Crippen LogP contribution is -2.63. The number of aliphatic hydroxyl groups excluding tert-OH is 4. The number of likely N-dealkylation sites (N-methyl/N-ethyl adjacent to an activating group) is 1. The van der Waals surface area contributed by atoms with E-state index in [4.69, 9.17) is 42.6 Å². The first-order valence-corrected chi connectivity index (χ1v) is 20.1. The molecule has 0 radical (unpaired) electrons. The molecule has 0 aromatic carbocycles. The molecule has 3 aliphatic rings. The van der Waals surface area contributed by atoms with Gasteiger partial charge in [-0.1, -0.05) is 38.5 Å². The van der Waals surface area contributed by atoms with Gasteiger partial charge in [-0.25, -0.2) is 0 Å². The molecule has 0 aromatic rings. The molecule has 0 aromatic heterocycles. The van der Waals surface area contributed by atoms with Crippen molar-refractivity contribution in [1.29, 1.82) is 0 Å². The van der Waals surface area contributed by atoms with E-state index >= 15 is 0 Å². The van der Waals surface area contributed by atoms with E-state index in [-0.39, 0.29) is 25.2 Å². The van der Waals surface area contributed by atoms with Crippen LogP contribution in [0.2, 0.25) is 0 Å². The molecule has 330 valence electrons. The number of allylic oxidation sites excluding steroid dienone is 3. The summed E-state index contributed by atoms with van der Waals surface area (Å²) in [5, 5.41) is 44.7. The first kappa shape index (κ1) is 49.5. The number of carbonyl (C=O) groups excluding carboxylic acids is 2. The standard InChI is InChI=1S/C41H71NO15/c1-13-30-27(20-53-41-39(52-12)38(51-11)35(47)25(6)55-41)16-21(2)14-15-28(43)22(3)17-26(18-32(49-9)50-10)37(23(4)29(44)19-31(45)56-30)57-40-36(48)33(42(7)8)34(46)24(5)54-40/h14-16,22-27,29-30,32-41,44,46-48H,13,17-20H2,1-12H3/b15-14+,21-16+/t22-,23+,24-,25-,26-,27-,29-,30-,33+,34-,35-,36-,37-,38+,39-,40+,41-/m1/s1. The highest BCUT2D eigenvalue weighted by atomic mass is 16.7. The summed E-state index contributed by atoms with van der Waals surface area (Å²) in [4.78, 5) is 29.2. The zero-order valence-corrected chi connectivity index (χ0v) is 35.9. The number of cyclic esters (lactones) is 1. The lowest BCUT2D eigenvalue weighted by atomic mass is 9.79. The van der Waals surface area contributed by atoms with Crippen LogP contribution in [0.4, 0.5) is 0 Å². The highest BCUT2D eigenvalue weighted by Crippen LogP contribution is 2.36. The molecule has 2 fully saturated rings. The largest absolute Gasteiger partial charge is 0.462 e. The zero-order chi connectivity index (χ0) is 42.7. The Morgan fingerprint density at radius 3 is 2.04 bits per heavy atom. The minimum absolute atomic E-state index is 0.0204. The number of rotatable bonds is 13. The van der Waals surface area contributed by atoms with E-state index in [9.17, 15) is 30.0 Å². The molecule has 0 saturated carbocycles. The van der Waals surface area contributed by atoms with Crippen molar-refractivity contribution in [3.63, 3.8) is 0 Å². The predicted octanol–water partition coefficient (Wildman–Crippen LogP) is 1.98. The van der Waals surface area contributed by atoms with Gasteiger partial charge in [0.1, 0.15) is 30.5 Å². The molecule has 16 nitrogen and oxygen atoms in total. The molecule has 0 spiro atoms. The van der Waals surface area contributed by atoms with Crippen LogP contribution in [0.1, 0.15) is 67.2 Å². The van der Waals surface area contributed by atoms with Crippen LogP contribution < -0.4 is 0 Å². The van der Waals surface area contributed by atoms with Crippen LogP contribution >= 0.6 is 0 Å². The van der Waals surface area contributed by atoms with Gasteiger partial charge in [0.25, 0.3) is 0 Å². The number of ketones is 1. The molecule has 0 unspecified atom stereocenters. The third kappa shape index (κ3) is 13.0. The van der Waals surface area contributed by atoms with Crippen molar-refractivity contribution in [1.82, 2.24) is 4.90 Å². The minimum Gasteiger partial charge on any atom is -0.462 e. The minimum atomic E-state index is -1.29. The molecule has 57 heavy (non-hydrogen) atoms. The van der Waals surface area contributed by atoms with Crippen LogP contribution in [0.3, 0.4) is 0 Å². The molecule has 3 heterocycles. The summed E-state index contributed by atoms with van der Waals surface area (Å²) < 4.78 is 53.3. The van der Waals surface area contributed by atoms with Gasteiger partial charge in [0.2, 0.25) is 0 Å². The second-order valence-corrected chi connectivity index (χ2v) is 16.1. The van der Waals surface area contributed by atoms with Gasteiger partial charge in [0.05, 0.1) is 49.6 Å². The van der Waals surface area contributed by atoms with E-state index in [1.165, 1.54) is 34.5 Å². The van der Waals surface area contributed by atoms with E-state index in [2.05, 4.69) is 0 Å². The number of nitrogens with zero attached hydrogens (tertiary/aromatic N) is 1. The van der Waals surface area contributed by atoms with E-state index in [0.717, 1.165) is 5.57 Å². The maximum absolute atomic E-state index is 13.8. The lowest BCUT2D eigenvalue weighted by molar-refractivity contribution is -0.306. The number of hydrogen-bond donors (Lipinski definition) is 4. The predicted molar refractivity (Wildman–Crippen MR) is 208 cm³/mol. The van der Waals surface area contributed by atoms with E-state index < -0.39 is 122 Å². The van der Waals surface area contributed by atoms with Crippen molar-refractivity contribution < 1.29 is 72.6 Å². The third-order valence-corrected chi connectivity index (χ3v) is 11.7. The van der Waals surface area contributed by atoms with Crippen LogP contribution in [0, 0.1) is 23.7 Å². The Bertz CT molecular complexity index is 1290. The quantitative estimate of drug-likeness (QED) is 0.155. The summed E-state index contributed by atoms with van der Waals surface area (Å²) >= 11 is 0. The van der Waals surface area contributed by atoms with Gasteiger partial charge < -0.3 is 68.0 Å². The molecule has 3 aliphatic heterocycles. The maximum Gasteiger partial charge on any atom is 0.308 e. The van der Waals surface area contributed by atoms with Crippen LogP contribution in [0.5, 0.6) is 0 Å². The van der Waals surface area contributed by atoms with Gasteiger partial charge in [-0.15, -0.1) is 0 Å². The third-order valence-electron chi connectivity index (χ3n) is 11.7. The lowest BCUT2D eigenvalue weighted by Gasteiger charge is -2.47. The number of esters is 1. The van der Waals surface area contributed by atoms with E-state index in [1.807, 2.05) is 26.8 Å². The summed E-state index contributed by atoms with van der Waals surface area (Å²) in [6, 6.07) is -0.726. The van der Waals surface area contributed by atoms with Gasteiger partial charge in [0.15, 0.2) is 24.7 Å². The number of ether oxygens (including phenoxy) is 9. The molecule has 0 bridgehead atoms. The highest BCUT2D eigenvalue weighted by Gasteiger charge is 2.48. The van der Waals surface area contributed by atoms with Crippen molar-refractivity contribution in [3.8, 4) is 0 Å². The number of carbonyl (C=O) groups is 2. The highest BCUT2D eigenvalue weighted by molar-refractivity contribution is 5.91. The second-order valence-electron chi connectivity index (χ2n) is 16.1. The fourth-order valence-electron chi connectivity index (χ4n) is 8.17. The van der Waals surface area contributed by atoms with Crippen molar-refractivity contribution in [2.45, 2.75) is 153 Å². The van der Waals surface area contributed by atoms with Gasteiger partial charge in [-0.2, -0.15) is 0 Å². The molecule has 17 atom stereocenters. The first-order chi connectivity index (χ1) is 26.9. The maximum atomic E-state index is 13.8. The first-order valence-electron chi connectivity index (χ1n) is 20.1. The Morgan fingerprint density at radius 1 is 0.842 bits per heavy atom.